The third-order valence-electron chi connectivity index (χ3n) is 15.2. The van der Waals surface area contributed by atoms with E-state index < -0.39 is 56.5 Å². The lowest BCUT2D eigenvalue weighted by molar-refractivity contribution is -0.386. The number of nitro groups is 2. The van der Waals surface area contributed by atoms with Crippen molar-refractivity contribution in [1.82, 2.24) is 15.0 Å². The van der Waals surface area contributed by atoms with Gasteiger partial charge < -0.3 is 39.5 Å². The first kappa shape index (κ1) is 67.4. The minimum absolute atomic E-state index is 0.0279. The number of nitrogens with two attached hydrogens (primary N) is 1. The smallest absolute Gasteiger partial charge is 0.310 e. The number of nitro benzene ring substituents is 2. The first-order valence-corrected chi connectivity index (χ1v) is 31.8. The van der Waals surface area contributed by atoms with Crippen molar-refractivity contribution in [3.63, 3.8) is 0 Å². The summed E-state index contributed by atoms with van der Waals surface area (Å²) in [6, 6.07) is 43.5. The van der Waals surface area contributed by atoms with E-state index in [2.05, 4.69) is 62.8 Å². The van der Waals surface area contributed by atoms with E-state index in [1.807, 2.05) is 85.9 Å². The molecule has 9 rings (SSSR count). The average molecular weight is 1240 g/mol. The quantitative estimate of drug-likeness (QED) is 0.0247. The van der Waals surface area contributed by atoms with Crippen LogP contribution in [-0.2, 0) is 22.1 Å². The predicted molar refractivity (Wildman–Crippen MR) is 346 cm³/mol. The number of amides is 1. The monoisotopic (exact) mass is 1240 g/mol. The molecule has 6 aromatic carbocycles. The molecule has 0 aliphatic rings. The lowest BCUT2D eigenvalue weighted by Gasteiger charge is -2.38. The second kappa shape index (κ2) is 30.2. The fourth-order valence-electron chi connectivity index (χ4n) is 8.82. The molecule has 89 heavy (non-hydrogen) atoms. The Balaban J connectivity index is 0.000000195. The summed E-state index contributed by atoms with van der Waals surface area (Å²) in [7, 11) is -0.553. The number of aromatic nitrogens is 3. The Morgan fingerprint density at radius 1 is 0.584 bits per heavy atom. The number of aryl methyl sites for hydroxylation is 2. The van der Waals surface area contributed by atoms with E-state index in [9.17, 15) is 48.4 Å². The molecule has 0 radical (unpaired) electrons. The molecule has 22 heteroatoms. The molecule has 0 spiro atoms. The Kier molecular flexibility index (Phi) is 22.9. The van der Waals surface area contributed by atoms with Gasteiger partial charge in [-0.1, -0.05) is 71.0 Å². The number of halogens is 3. The van der Waals surface area contributed by atoms with Crippen LogP contribution in [0.4, 0.5) is 35.9 Å². The zero-order valence-corrected chi connectivity index (χ0v) is 52.2. The van der Waals surface area contributed by atoms with E-state index in [1.54, 1.807) is 48.3 Å². The van der Waals surface area contributed by atoms with Crippen LogP contribution in [0.1, 0.15) is 52.7 Å². The molecule has 0 fully saturated rings. The van der Waals surface area contributed by atoms with Crippen molar-refractivity contribution < 1.29 is 56.7 Å². The van der Waals surface area contributed by atoms with E-state index in [4.69, 9.17) is 29.4 Å². The van der Waals surface area contributed by atoms with Crippen molar-refractivity contribution in [2.45, 2.75) is 90.8 Å². The van der Waals surface area contributed by atoms with Gasteiger partial charge in [-0.25, -0.2) is 28.1 Å². The minimum atomic E-state index is -2.26. The number of hydrogen-bond acceptors (Lipinski definition) is 15. The molecule has 3 aromatic heterocycles. The molecular weight excluding hydrogens is 1160 g/mol. The lowest BCUT2D eigenvalue weighted by atomic mass is 10.1. The molecule has 0 saturated heterocycles. The van der Waals surface area contributed by atoms with Crippen LogP contribution < -0.4 is 24.8 Å². The number of anilines is 2. The summed E-state index contributed by atoms with van der Waals surface area (Å²) in [6.07, 6.45) is -1.40. The number of benzene rings is 6. The highest BCUT2D eigenvalue weighted by Gasteiger charge is 2.39. The highest BCUT2D eigenvalue weighted by molar-refractivity contribution is 6.74. The average Bonchev–Trinajstić information content (AvgIpc) is 3.62. The summed E-state index contributed by atoms with van der Waals surface area (Å²) < 4.78 is 61.2. The van der Waals surface area contributed by atoms with Crippen LogP contribution >= 0.6 is 0 Å². The minimum Gasteiger partial charge on any atom is -0.489 e. The number of ether oxygens (including phenoxy) is 3. The fourth-order valence-corrected chi connectivity index (χ4v) is 10.1. The summed E-state index contributed by atoms with van der Waals surface area (Å²) in [5, 5.41) is 44.3. The van der Waals surface area contributed by atoms with Crippen LogP contribution in [0, 0.1) is 20.2 Å². The Hall–Kier alpha value is -9.09. The first-order chi connectivity index (χ1) is 42.3. The zero-order chi connectivity index (χ0) is 64.7. The molecular formula is C67H74F3N7O11Si. The molecule has 468 valence electrons. The first-order valence-electron chi connectivity index (χ1n) is 28.9. The number of hydrogen-bond donors (Lipinski definition) is 3. The van der Waals surface area contributed by atoms with Crippen LogP contribution in [0.3, 0.4) is 0 Å². The summed E-state index contributed by atoms with van der Waals surface area (Å²) in [6.45, 7) is 12.7. The van der Waals surface area contributed by atoms with Crippen LogP contribution in [0.15, 0.2) is 146 Å². The van der Waals surface area contributed by atoms with E-state index in [0.717, 1.165) is 57.0 Å². The predicted octanol–water partition coefficient (Wildman–Crippen LogP) is 14.4. The molecule has 0 saturated carbocycles. The molecule has 4 N–H and O–H groups in total. The summed E-state index contributed by atoms with van der Waals surface area (Å²) in [5.41, 5.74) is 15.7. The van der Waals surface area contributed by atoms with Crippen LogP contribution in [0.5, 0.6) is 17.2 Å². The Morgan fingerprint density at radius 3 is 1.39 bits per heavy atom. The van der Waals surface area contributed by atoms with Crippen LogP contribution in [0.25, 0.3) is 66.5 Å². The maximum atomic E-state index is 13.8. The highest BCUT2D eigenvalue weighted by Crippen LogP contribution is 2.39. The number of aliphatic hydroxyl groups excluding tert-OH is 2. The van der Waals surface area contributed by atoms with E-state index in [1.165, 1.54) is 36.2 Å². The van der Waals surface area contributed by atoms with Crippen molar-refractivity contribution in [3.05, 3.63) is 177 Å². The van der Waals surface area contributed by atoms with Gasteiger partial charge >= 0.3 is 11.4 Å². The van der Waals surface area contributed by atoms with Gasteiger partial charge in [0.2, 0.25) is 5.91 Å². The zero-order valence-electron chi connectivity index (χ0n) is 51.2. The maximum Gasteiger partial charge on any atom is 0.310 e. The van der Waals surface area contributed by atoms with Crippen molar-refractivity contribution in [2.24, 2.45) is 0 Å². The molecule has 3 unspecified atom stereocenters. The maximum absolute atomic E-state index is 13.8. The molecule has 9 aromatic rings. The summed E-state index contributed by atoms with van der Waals surface area (Å²) in [4.78, 5) is 48.9. The van der Waals surface area contributed by atoms with E-state index in [-0.39, 0.29) is 53.6 Å². The van der Waals surface area contributed by atoms with Gasteiger partial charge in [-0.15, -0.1) is 0 Å². The number of aliphatic hydroxyl groups is 2. The largest absolute Gasteiger partial charge is 0.489 e. The van der Waals surface area contributed by atoms with Crippen molar-refractivity contribution in [2.75, 3.05) is 57.5 Å². The molecule has 18 nitrogen and oxygen atoms in total. The Bertz CT molecular complexity index is 3970. The number of alkyl halides is 3. The lowest BCUT2D eigenvalue weighted by Crippen LogP contribution is -2.46. The molecule has 1 amide bonds. The fraction of sp³-hybridized carbons (Fsp3) is 0.313. The number of fused-ring (bicyclic) bond motifs is 3. The van der Waals surface area contributed by atoms with Crippen LogP contribution in [-0.4, -0.2) is 114 Å². The number of nitrogen functional groups attached to an aromatic ring is 1. The molecule has 3 heterocycles. The second-order valence-corrected chi connectivity index (χ2v) is 27.4. The normalized spacial score (nSPS) is 12.5. The number of nitrogens with zero attached hydrogens (tertiary/aromatic N) is 6. The Morgan fingerprint density at radius 2 is 0.989 bits per heavy atom. The van der Waals surface area contributed by atoms with Gasteiger partial charge in [0.05, 0.1) is 49.2 Å². The Labute approximate surface area is 515 Å². The third-order valence-corrected chi connectivity index (χ3v) is 19.7. The summed E-state index contributed by atoms with van der Waals surface area (Å²) >= 11 is 0. The number of carbonyl (C=O) groups excluding carboxylic acids is 1. The third kappa shape index (κ3) is 17.6. The second-order valence-electron chi connectivity index (χ2n) is 22.6. The number of rotatable bonds is 22. The van der Waals surface area contributed by atoms with Gasteiger partial charge in [-0.2, -0.15) is 0 Å². The van der Waals surface area contributed by atoms with Gasteiger partial charge in [0.15, 0.2) is 19.8 Å². The highest BCUT2D eigenvalue weighted by atomic mass is 28.4. The van der Waals surface area contributed by atoms with Gasteiger partial charge in [0.25, 0.3) is 0 Å². The van der Waals surface area contributed by atoms with E-state index in [0.29, 0.717) is 39.5 Å². The molecule has 0 aliphatic carbocycles. The van der Waals surface area contributed by atoms with Crippen molar-refractivity contribution in [1.29, 1.82) is 0 Å². The topological polar surface area (TPSA) is 249 Å². The van der Waals surface area contributed by atoms with E-state index >= 15 is 0 Å². The van der Waals surface area contributed by atoms with Crippen LogP contribution in [0.2, 0.25) is 18.1 Å². The summed E-state index contributed by atoms with van der Waals surface area (Å²) in [5.74, 6) is 0.327. The van der Waals surface area contributed by atoms with Crippen molar-refractivity contribution >= 4 is 69.7 Å². The number of pyridine rings is 3. The number of carbonyl (C=O) groups is 1. The van der Waals surface area contributed by atoms with Gasteiger partial charge in [-0.3, -0.25) is 25.0 Å². The SMILES string of the molecule is CC(=O)N(C)c1ccc2nc(-c3ccc([N+](=O)[O-])c(OCC(CF)O[Si](C)(C)C(C)(C)C)c3)ccc2c1.CCc1ccc2nc(-c3ccc(N)c(OCC(O)CF)c3)ccc2c1.CCc1ccc2nc(-c3ccc([N+](=O)[O-])c(OCC(O)CF)c3)ccc2c1. The molecule has 3 atom stereocenters. The standard InChI is InChI=1S/C27H34FN3O5Si.C20H19FN2O4.C20H21FN2O2/c1-18(32)30(5)21-10-12-24-19(14-21)8-11-23(29-24)20-9-13-25(31(33)34)26(15-20)35-17-22(16-28)36-37(6,7)27(2,3)4;1-2-13-3-6-17-14(9-13)4-7-18(22-17)15-5-8-19(23(25)26)20(10-15)27-12-16(24)11-21;1-2-13-3-7-18-14(9-13)5-8-19(23-18)15-4-6-17(22)20(10-15)25-12-16(24)11-21/h8-15,22H,16-17H2,1-7H3;3-10,16,24H,2,11-12H2,1H3;3-10,16,24H,2,11-12,22H2,1H3. The molecule has 0 aliphatic heterocycles. The van der Waals surface area contributed by atoms with Gasteiger partial charge in [0.1, 0.15) is 63.9 Å². The van der Waals surface area contributed by atoms with Gasteiger partial charge in [0, 0.05) is 64.6 Å². The van der Waals surface area contributed by atoms with Crippen molar-refractivity contribution in [3.8, 4) is 51.0 Å². The molecule has 0 bridgehead atoms. The van der Waals surface area contributed by atoms with Gasteiger partial charge in [-0.05, 0) is 139 Å².